The minimum atomic E-state index is 0.761. The van der Waals surface area contributed by atoms with Gasteiger partial charge in [-0.3, -0.25) is 4.57 Å². The molecule has 0 bridgehead atoms. The molecule has 5 heteroatoms. The van der Waals surface area contributed by atoms with E-state index in [-0.39, 0.29) is 0 Å². The number of aryl methyl sites for hydroxylation is 1. The van der Waals surface area contributed by atoms with Crippen molar-refractivity contribution in [2.75, 3.05) is 0 Å². The van der Waals surface area contributed by atoms with E-state index in [2.05, 4.69) is 36.8 Å². The van der Waals surface area contributed by atoms with E-state index in [1.165, 1.54) is 0 Å². The average Bonchev–Trinajstić information content (AvgIpc) is 3.02. The molecular weight excluding hydrogens is 304 g/mol. The second-order valence-electron chi connectivity index (χ2n) is 4.41. The number of rotatable bonds is 4. The lowest BCUT2D eigenvalue weighted by Crippen LogP contribution is -2.03. The number of alkyl halides is 1. The first-order chi connectivity index (χ1) is 9.35. The second kappa shape index (κ2) is 5.17. The van der Waals surface area contributed by atoms with Gasteiger partial charge in [0.05, 0.1) is 5.69 Å². The van der Waals surface area contributed by atoms with E-state index in [9.17, 15) is 0 Å². The van der Waals surface area contributed by atoms with E-state index in [1.807, 2.05) is 36.8 Å². The maximum atomic E-state index is 4.72. The number of aromatic nitrogens is 4. The van der Waals surface area contributed by atoms with Gasteiger partial charge in [0.1, 0.15) is 11.5 Å². The van der Waals surface area contributed by atoms with Gasteiger partial charge in [0.15, 0.2) is 5.82 Å². The largest absolute Gasteiger partial charge is 0.301 e. The molecule has 3 aromatic rings. The molecule has 0 atom stereocenters. The van der Waals surface area contributed by atoms with Crippen LogP contribution < -0.4 is 0 Å². The lowest BCUT2D eigenvalue weighted by molar-refractivity contribution is 0.797. The molecule has 4 nitrogen and oxygen atoms in total. The van der Waals surface area contributed by atoms with Crippen molar-refractivity contribution in [2.24, 2.45) is 0 Å². The highest BCUT2D eigenvalue weighted by molar-refractivity contribution is 9.08. The lowest BCUT2D eigenvalue weighted by atomic mass is 10.3. The fourth-order valence-electron chi connectivity index (χ4n) is 2.29. The van der Waals surface area contributed by atoms with Crippen molar-refractivity contribution in [1.82, 2.24) is 18.9 Å². The summed E-state index contributed by atoms with van der Waals surface area (Å²) in [6, 6.07) is 6.04. The topological polar surface area (TPSA) is 35.1 Å². The third-order valence-corrected chi connectivity index (χ3v) is 3.68. The summed E-state index contributed by atoms with van der Waals surface area (Å²) in [6.07, 6.45) is 7.90. The van der Waals surface area contributed by atoms with E-state index >= 15 is 0 Å². The molecule has 19 heavy (non-hydrogen) atoms. The monoisotopic (exact) mass is 318 g/mol. The van der Waals surface area contributed by atoms with Gasteiger partial charge in [0.2, 0.25) is 0 Å². The van der Waals surface area contributed by atoms with Gasteiger partial charge in [0, 0.05) is 30.3 Å². The third kappa shape index (κ3) is 2.08. The summed E-state index contributed by atoms with van der Waals surface area (Å²) in [5.41, 5.74) is 2.11. The molecule has 98 valence electrons. The highest BCUT2D eigenvalue weighted by Crippen LogP contribution is 2.21. The normalized spacial score (nSPS) is 11.3. The molecule has 0 radical (unpaired) electrons. The predicted molar refractivity (Wildman–Crippen MR) is 78.9 cm³/mol. The molecule has 0 fully saturated rings. The van der Waals surface area contributed by atoms with Crippen LogP contribution in [0.3, 0.4) is 0 Å². The van der Waals surface area contributed by atoms with Crippen LogP contribution in [-0.2, 0) is 11.8 Å². The second-order valence-corrected chi connectivity index (χ2v) is 4.97. The van der Waals surface area contributed by atoms with E-state index < -0.39 is 0 Å². The van der Waals surface area contributed by atoms with Crippen LogP contribution in [0.4, 0.5) is 0 Å². The lowest BCUT2D eigenvalue weighted by Gasteiger charge is -2.06. The fraction of sp³-hybridized carbons (Fsp3) is 0.286. The van der Waals surface area contributed by atoms with Crippen molar-refractivity contribution in [3.8, 4) is 5.82 Å². The molecule has 0 aliphatic carbocycles. The molecule has 0 aliphatic rings. The molecule has 3 aromatic heterocycles. The number of fused-ring (bicyclic) bond motifs is 1. The Kier molecular flexibility index (Phi) is 3.38. The Hall–Kier alpha value is -1.62. The van der Waals surface area contributed by atoms with Crippen molar-refractivity contribution in [3.05, 3.63) is 48.3 Å². The zero-order chi connectivity index (χ0) is 13.2. The van der Waals surface area contributed by atoms with E-state index in [4.69, 9.17) is 4.98 Å². The molecule has 0 saturated heterocycles. The molecule has 3 rings (SSSR count). The van der Waals surface area contributed by atoms with Crippen molar-refractivity contribution in [2.45, 2.75) is 25.1 Å². The van der Waals surface area contributed by atoms with Crippen molar-refractivity contribution >= 4 is 21.6 Å². The predicted octanol–water partition coefficient (Wildman–Crippen LogP) is 3.37. The summed E-state index contributed by atoms with van der Waals surface area (Å²) in [7, 11) is 0. The first kappa shape index (κ1) is 12.4. The van der Waals surface area contributed by atoms with Gasteiger partial charge in [0.25, 0.3) is 0 Å². The summed E-state index contributed by atoms with van der Waals surface area (Å²) in [4.78, 5) is 9.15. The zero-order valence-corrected chi connectivity index (χ0v) is 12.3. The first-order valence-corrected chi connectivity index (χ1v) is 7.51. The van der Waals surface area contributed by atoms with Crippen molar-refractivity contribution in [3.63, 3.8) is 0 Å². The van der Waals surface area contributed by atoms with Crippen molar-refractivity contribution < 1.29 is 0 Å². The Morgan fingerprint density at radius 3 is 2.95 bits per heavy atom. The summed E-state index contributed by atoms with van der Waals surface area (Å²) < 4.78 is 4.20. The molecule has 3 heterocycles. The maximum absolute atomic E-state index is 4.72. The van der Waals surface area contributed by atoms with Crippen LogP contribution >= 0.6 is 15.9 Å². The molecule has 0 aliphatic heterocycles. The van der Waals surface area contributed by atoms with Gasteiger partial charge in [-0.05, 0) is 18.6 Å². The Morgan fingerprint density at radius 2 is 2.16 bits per heavy atom. The van der Waals surface area contributed by atoms with Crippen LogP contribution in [0.1, 0.15) is 24.9 Å². The van der Waals surface area contributed by atoms with Gasteiger partial charge in [-0.25, -0.2) is 9.97 Å². The quantitative estimate of drug-likeness (QED) is 0.691. The summed E-state index contributed by atoms with van der Waals surface area (Å²) in [5.74, 6) is 2.03. The average molecular weight is 319 g/mol. The van der Waals surface area contributed by atoms with Crippen LogP contribution in [0.15, 0.2) is 36.8 Å². The Labute approximate surface area is 120 Å². The van der Waals surface area contributed by atoms with Crippen LogP contribution in [0.5, 0.6) is 0 Å². The smallest absolute Gasteiger partial charge is 0.161 e. The van der Waals surface area contributed by atoms with E-state index in [1.54, 1.807) is 0 Å². The summed E-state index contributed by atoms with van der Waals surface area (Å²) in [6.45, 7) is 2.16. The van der Waals surface area contributed by atoms with Gasteiger partial charge in [-0.2, -0.15) is 0 Å². The Balaban J connectivity index is 2.21. The minimum Gasteiger partial charge on any atom is -0.301 e. The molecule has 0 saturated carbocycles. The molecule has 0 amide bonds. The maximum Gasteiger partial charge on any atom is 0.161 e. The molecule has 0 unspecified atom stereocenters. The van der Waals surface area contributed by atoms with Gasteiger partial charge < -0.3 is 4.40 Å². The van der Waals surface area contributed by atoms with Crippen molar-refractivity contribution in [1.29, 1.82) is 0 Å². The van der Waals surface area contributed by atoms with Gasteiger partial charge in [-0.15, -0.1) is 0 Å². The van der Waals surface area contributed by atoms with Crippen LogP contribution in [0.2, 0.25) is 0 Å². The number of pyridine rings is 1. The molecule has 0 N–H and O–H groups in total. The summed E-state index contributed by atoms with van der Waals surface area (Å²) >= 11 is 3.56. The number of imidazole rings is 2. The fourth-order valence-corrected chi connectivity index (χ4v) is 2.81. The Bertz CT molecular complexity index is 698. The van der Waals surface area contributed by atoms with Gasteiger partial charge in [-0.1, -0.05) is 28.9 Å². The molecule has 0 aromatic carbocycles. The summed E-state index contributed by atoms with van der Waals surface area (Å²) in [5, 5.41) is 0.761. The molecular formula is C14H15BrN4. The number of halogens is 1. The van der Waals surface area contributed by atoms with Crippen LogP contribution in [-0.4, -0.2) is 18.9 Å². The van der Waals surface area contributed by atoms with E-state index in [0.717, 1.165) is 41.2 Å². The number of hydrogen-bond donors (Lipinski definition) is 0. The highest BCUT2D eigenvalue weighted by Gasteiger charge is 2.14. The first-order valence-electron chi connectivity index (χ1n) is 6.39. The standard InChI is InChI=1S/C14H15BrN4/c1-2-5-12-16-7-9-19(12)14-11(10-15)18-8-4-3-6-13(18)17-14/h3-4,6-9H,2,5,10H2,1H3. The zero-order valence-electron chi connectivity index (χ0n) is 10.8. The van der Waals surface area contributed by atoms with E-state index in [0.29, 0.717) is 0 Å². The highest BCUT2D eigenvalue weighted by atomic mass is 79.9. The van der Waals surface area contributed by atoms with Crippen LogP contribution in [0.25, 0.3) is 11.5 Å². The Morgan fingerprint density at radius 1 is 1.26 bits per heavy atom. The minimum absolute atomic E-state index is 0.761. The number of hydrogen-bond acceptors (Lipinski definition) is 2. The number of nitrogens with zero attached hydrogens (tertiary/aromatic N) is 4. The SMILES string of the molecule is CCCc1nccn1-c1nc2ccccn2c1CBr. The molecule has 0 spiro atoms. The third-order valence-electron chi connectivity index (χ3n) is 3.15. The van der Waals surface area contributed by atoms with Crippen LogP contribution in [0, 0.1) is 0 Å². The van der Waals surface area contributed by atoms with Gasteiger partial charge >= 0.3 is 0 Å².